The van der Waals surface area contributed by atoms with E-state index < -0.39 is 6.10 Å². The highest BCUT2D eigenvalue weighted by atomic mass is 16.3. The third kappa shape index (κ3) is 9.96. The molecule has 3 nitrogen and oxygen atoms in total. The molecule has 3 heteroatoms. The van der Waals surface area contributed by atoms with Crippen molar-refractivity contribution in [1.82, 2.24) is 0 Å². The van der Waals surface area contributed by atoms with Gasteiger partial charge in [-0.25, -0.2) is 0 Å². The molecule has 0 saturated carbocycles. The molecule has 0 aliphatic rings. The van der Waals surface area contributed by atoms with Crippen LogP contribution in [0.15, 0.2) is 0 Å². The molecule has 0 aliphatic carbocycles. The Hall–Kier alpha value is -0.120. The molecule has 2 atom stereocenters. The zero-order chi connectivity index (χ0) is 11.7. The summed E-state index contributed by atoms with van der Waals surface area (Å²) in [7, 11) is 0. The van der Waals surface area contributed by atoms with Crippen molar-refractivity contribution in [3.63, 3.8) is 0 Å². The molecule has 0 aromatic carbocycles. The summed E-state index contributed by atoms with van der Waals surface area (Å²) in [6, 6.07) is 0. The molecule has 0 spiro atoms. The van der Waals surface area contributed by atoms with E-state index in [9.17, 15) is 0 Å². The Balaban J connectivity index is 0. The predicted octanol–water partition coefficient (Wildman–Crippen LogP) is 1.41. The molecule has 0 heterocycles. The topological polar surface area (TPSA) is 60.7 Å². The van der Waals surface area contributed by atoms with E-state index in [1.54, 1.807) is 0 Å². The molecule has 0 radical (unpaired) electrons. The molecule has 88 valence electrons. The minimum absolute atomic E-state index is 0.0972. The maximum absolute atomic E-state index is 8.94. The van der Waals surface area contributed by atoms with Gasteiger partial charge in [0.1, 0.15) is 0 Å². The molecule has 0 rings (SSSR count). The van der Waals surface area contributed by atoms with Gasteiger partial charge in [0, 0.05) is 0 Å². The summed E-state index contributed by atoms with van der Waals surface area (Å²) in [6.45, 7) is 9.63. The fraction of sp³-hybridized carbons (Fsp3) is 1.00. The molecule has 0 unspecified atom stereocenters. The van der Waals surface area contributed by atoms with E-state index >= 15 is 0 Å². The first-order valence-corrected chi connectivity index (χ1v) is 5.33. The van der Waals surface area contributed by atoms with Gasteiger partial charge in [-0.1, -0.05) is 34.6 Å². The maximum atomic E-state index is 8.94. The highest BCUT2D eigenvalue weighted by Gasteiger charge is 2.04. The van der Waals surface area contributed by atoms with Crippen molar-refractivity contribution in [2.45, 2.75) is 53.2 Å². The van der Waals surface area contributed by atoms with Crippen LogP contribution in [0.3, 0.4) is 0 Å². The molecule has 0 saturated heterocycles. The van der Waals surface area contributed by atoms with Gasteiger partial charge < -0.3 is 15.3 Å². The van der Waals surface area contributed by atoms with Crippen LogP contribution < -0.4 is 0 Å². The molecule has 0 bridgehead atoms. The normalized spacial score (nSPS) is 15.0. The third-order valence-electron chi connectivity index (χ3n) is 2.14. The lowest BCUT2D eigenvalue weighted by atomic mass is 10.1. The van der Waals surface area contributed by atoms with Gasteiger partial charge >= 0.3 is 0 Å². The van der Waals surface area contributed by atoms with Crippen molar-refractivity contribution in [2.24, 2.45) is 11.8 Å². The Bertz CT molecular complexity index is 99.1. The van der Waals surface area contributed by atoms with Crippen LogP contribution in [0.1, 0.15) is 41.0 Å². The number of hydrogen-bond donors (Lipinski definition) is 3. The van der Waals surface area contributed by atoms with Gasteiger partial charge in [-0.2, -0.15) is 0 Å². The fourth-order valence-electron chi connectivity index (χ4n) is 0.682. The molecule has 0 aromatic heterocycles. The zero-order valence-electron chi connectivity index (χ0n) is 10.1. The van der Waals surface area contributed by atoms with Crippen molar-refractivity contribution in [3.05, 3.63) is 0 Å². The number of rotatable bonds is 4. The molecular weight excluding hydrogens is 180 g/mol. The Morgan fingerprint density at radius 1 is 0.857 bits per heavy atom. The van der Waals surface area contributed by atoms with Crippen LogP contribution in [0.2, 0.25) is 0 Å². The van der Waals surface area contributed by atoms with Crippen molar-refractivity contribution < 1.29 is 15.3 Å². The Kier molecular flexibility index (Phi) is 11.0. The largest absolute Gasteiger partial charge is 0.394 e. The van der Waals surface area contributed by atoms with Gasteiger partial charge in [0.2, 0.25) is 0 Å². The standard InChI is InChI=1S/C6H14O.C5H12O2/c1-4-6(7)5(2)3;1-4(2)5(7)3-6/h5-7H,4H2,1-3H3;4-7H,3H2,1-2H3/t6-;5-/m01/s1. The molecule has 0 aromatic rings. The lowest BCUT2D eigenvalue weighted by molar-refractivity contribution is 0.0597. The highest BCUT2D eigenvalue weighted by Crippen LogP contribution is 2.02. The second kappa shape index (κ2) is 9.44. The third-order valence-corrected chi connectivity index (χ3v) is 2.14. The maximum Gasteiger partial charge on any atom is 0.0793 e. The van der Waals surface area contributed by atoms with Crippen LogP contribution >= 0.6 is 0 Å². The minimum atomic E-state index is -0.542. The van der Waals surface area contributed by atoms with E-state index in [-0.39, 0.29) is 18.6 Å². The van der Waals surface area contributed by atoms with E-state index in [0.717, 1.165) is 6.42 Å². The lowest BCUT2D eigenvalue weighted by Gasteiger charge is -2.09. The summed E-state index contributed by atoms with van der Waals surface area (Å²) < 4.78 is 0. The van der Waals surface area contributed by atoms with Gasteiger partial charge in [-0.15, -0.1) is 0 Å². The van der Waals surface area contributed by atoms with Crippen molar-refractivity contribution in [3.8, 4) is 0 Å². The molecule has 0 aliphatic heterocycles. The Morgan fingerprint density at radius 2 is 1.21 bits per heavy atom. The van der Waals surface area contributed by atoms with Gasteiger partial charge in [0.25, 0.3) is 0 Å². The van der Waals surface area contributed by atoms with Crippen LogP contribution in [-0.2, 0) is 0 Å². The van der Waals surface area contributed by atoms with Crippen LogP contribution in [0.5, 0.6) is 0 Å². The second-order valence-corrected chi connectivity index (χ2v) is 4.21. The van der Waals surface area contributed by atoms with Crippen molar-refractivity contribution in [2.75, 3.05) is 6.61 Å². The number of aliphatic hydroxyl groups excluding tert-OH is 3. The van der Waals surface area contributed by atoms with Gasteiger partial charge in [0.15, 0.2) is 0 Å². The molecule has 3 N–H and O–H groups in total. The minimum Gasteiger partial charge on any atom is -0.394 e. The second-order valence-electron chi connectivity index (χ2n) is 4.21. The molecule has 0 amide bonds. The molecule has 0 fully saturated rings. The number of hydrogen-bond acceptors (Lipinski definition) is 3. The summed E-state index contributed by atoms with van der Waals surface area (Å²) in [5.41, 5.74) is 0. The summed E-state index contributed by atoms with van der Waals surface area (Å²) in [5.74, 6) is 0.593. The predicted molar refractivity (Wildman–Crippen MR) is 59.1 cm³/mol. The van der Waals surface area contributed by atoms with Gasteiger partial charge in [-0.3, -0.25) is 0 Å². The molecule has 14 heavy (non-hydrogen) atoms. The Labute approximate surface area is 87.8 Å². The van der Waals surface area contributed by atoms with E-state index in [0.29, 0.717) is 5.92 Å². The van der Waals surface area contributed by atoms with Crippen molar-refractivity contribution in [1.29, 1.82) is 0 Å². The molecular formula is C11H26O3. The summed E-state index contributed by atoms with van der Waals surface area (Å²) >= 11 is 0. The van der Waals surface area contributed by atoms with Crippen LogP contribution in [0, 0.1) is 11.8 Å². The van der Waals surface area contributed by atoms with E-state index in [2.05, 4.69) is 0 Å². The average Bonchev–Trinajstić information content (AvgIpc) is 2.15. The summed E-state index contributed by atoms with van der Waals surface area (Å²) in [5, 5.41) is 25.9. The van der Waals surface area contributed by atoms with E-state index in [1.807, 2.05) is 34.6 Å². The van der Waals surface area contributed by atoms with Crippen LogP contribution in [0.4, 0.5) is 0 Å². The Morgan fingerprint density at radius 3 is 1.21 bits per heavy atom. The SMILES string of the molecule is CC(C)[C@H](O)CO.CC[C@H](O)C(C)C. The first kappa shape index (κ1) is 16.3. The van der Waals surface area contributed by atoms with Crippen LogP contribution in [-0.4, -0.2) is 34.1 Å². The average molecular weight is 206 g/mol. The summed E-state index contributed by atoms with van der Waals surface area (Å²) in [4.78, 5) is 0. The summed E-state index contributed by atoms with van der Waals surface area (Å²) in [6.07, 6.45) is 0.234. The first-order chi connectivity index (χ1) is 6.36. The van der Waals surface area contributed by atoms with E-state index in [4.69, 9.17) is 15.3 Å². The van der Waals surface area contributed by atoms with Crippen LogP contribution in [0.25, 0.3) is 0 Å². The fourth-order valence-corrected chi connectivity index (χ4v) is 0.682. The first-order valence-electron chi connectivity index (χ1n) is 5.33. The smallest absolute Gasteiger partial charge is 0.0793 e. The highest BCUT2D eigenvalue weighted by molar-refractivity contribution is 4.55. The van der Waals surface area contributed by atoms with Gasteiger partial charge in [-0.05, 0) is 18.3 Å². The monoisotopic (exact) mass is 206 g/mol. The zero-order valence-corrected chi connectivity index (χ0v) is 10.1. The van der Waals surface area contributed by atoms with E-state index in [1.165, 1.54) is 0 Å². The quantitative estimate of drug-likeness (QED) is 0.652. The lowest BCUT2D eigenvalue weighted by Crippen LogP contribution is -2.18. The van der Waals surface area contributed by atoms with Crippen molar-refractivity contribution >= 4 is 0 Å². The number of aliphatic hydroxyl groups is 3. The van der Waals surface area contributed by atoms with Gasteiger partial charge in [0.05, 0.1) is 18.8 Å².